The molecule has 0 saturated heterocycles. The minimum atomic E-state index is -0.652. The zero-order chi connectivity index (χ0) is 28.8. The van der Waals surface area contributed by atoms with E-state index in [0.717, 1.165) is 56.9 Å². The third-order valence-electron chi connectivity index (χ3n) is 13.1. The number of nitriles is 1. The second-order valence-corrected chi connectivity index (χ2v) is 15.7. The van der Waals surface area contributed by atoms with Crippen molar-refractivity contribution in [2.24, 2.45) is 50.2 Å². The summed E-state index contributed by atoms with van der Waals surface area (Å²) >= 11 is 0. The average Bonchev–Trinajstić information content (AvgIpc) is 2.86. The van der Waals surface area contributed by atoms with Gasteiger partial charge in [0.2, 0.25) is 0 Å². The Hall–Kier alpha value is -2.22. The smallest absolute Gasteiger partial charge is 0.305 e. The van der Waals surface area contributed by atoms with Crippen LogP contribution in [0.15, 0.2) is 23.3 Å². The van der Waals surface area contributed by atoms with Gasteiger partial charge in [0.15, 0.2) is 11.6 Å². The van der Waals surface area contributed by atoms with Gasteiger partial charge in [0.1, 0.15) is 6.07 Å². The van der Waals surface area contributed by atoms with Crippen molar-refractivity contribution in [2.75, 3.05) is 7.11 Å². The highest BCUT2D eigenvalue weighted by Gasteiger charge is 2.69. The minimum Gasteiger partial charge on any atom is -0.469 e. The summed E-state index contributed by atoms with van der Waals surface area (Å²) in [6.45, 7) is 15.6. The molecular formula is C34H47NO4. The fraction of sp³-hybridized carbons (Fsp3) is 0.765. The van der Waals surface area contributed by atoms with Gasteiger partial charge in [0.05, 0.1) is 12.7 Å². The normalized spacial score (nSPS) is 43.9. The van der Waals surface area contributed by atoms with Crippen molar-refractivity contribution in [3.63, 3.8) is 0 Å². The van der Waals surface area contributed by atoms with E-state index in [-0.39, 0.29) is 62.5 Å². The van der Waals surface area contributed by atoms with Gasteiger partial charge >= 0.3 is 5.97 Å². The predicted octanol–water partition coefficient (Wildman–Crippen LogP) is 7.16. The molecule has 5 nitrogen and oxygen atoms in total. The van der Waals surface area contributed by atoms with Gasteiger partial charge in [-0.3, -0.25) is 14.4 Å². The molecule has 3 fully saturated rings. The first-order valence-corrected chi connectivity index (χ1v) is 15.0. The third kappa shape index (κ3) is 3.72. The Morgan fingerprint density at radius 3 is 2.33 bits per heavy atom. The van der Waals surface area contributed by atoms with Crippen LogP contribution in [0.25, 0.3) is 0 Å². The summed E-state index contributed by atoms with van der Waals surface area (Å²) < 4.78 is 5.03. The Labute approximate surface area is 234 Å². The van der Waals surface area contributed by atoms with Crippen LogP contribution in [0.4, 0.5) is 0 Å². The van der Waals surface area contributed by atoms with E-state index in [1.165, 1.54) is 7.11 Å². The van der Waals surface area contributed by atoms with Crippen molar-refractivity contribution >= 4 is 17.5 Å². The number of Topliss-reactive ketones (excluding diaryl/α,β-unsaturated/α-hetero) is 1. The highest BCUT2D eigenvalue weighted by atomic mass is 16.5. The SMILES string of the molecule is COC(=O)CCC12CCC(C)(C)CC1C1C(=O)C=C3C4(C)C=C(C#N)C(=O)C(C)(C)C4CCC3(C)C1(C)CC2. The molecule has 0 aromatic carbocycles. The van der Waals surface area contributed by atoms with Crippen LogP contribution < -0.4 is 0 Å². The lowest BCUT2D eigenvalue weighted by atomic mass is 9.34. The molecular weight excluding hydrogens is 486 g/mol. The second-order valence-electron chi connectivity index (χ2n) is 15.7. The molecule has 212 valence electrons. The first-order valence-electron chi connectivity index (χ1n) is 15.0. The van der Waals surface area contributed by atoms with Crippen molar-refractivity contribution in [3.05, 3.63) is 23.3 Å². The van der Waals surface area contributed by atoms with Crippen LogP contribution in [0, 0.1) is 61.6 Å². The molecule has 39 heavy (non-hydrogen) atoms. The Bertz CT molecular complexity index is 1230. The van der Waals surface area contributed by atoms with Crippen LogP contribution in [-0.4, -0.2) is 24.6 Å². The molecule has 5 aliphatic rings. The highest BCUT2D eigenvalue weighted by molar-refractivity contribution is 6.04. The van der Waals surface area contributed by atoms with Gasteiger partial charge < -0.3 is 4.74 Å². The molecule has 3 saturated carbocycles. The number of rotatable bonds is 3. The lowest BCUT2D eigenvalue weighted by Gasteiger charge is -2.69. The molecule has 0 aromatic heterocycles. The number of fused-ring (bicyclic) bond motifs is 7. The molecule has 0 radical (unpaired) electrons. The van der Waals surface area contributed by atoms with Crippen molar-refractivity contribution in [1.82, 2.24) is 0 Å². The monoisotopic (exact) mass is 533 g/mol. The number of hydrogen-bond acceptors (Lipinski definition) is 5. The van der Waals surface area contributed by atoms with Crippen LogP contribution in [0.1, 0.15) is 106 Å². The molecule has 0 aromatic rings. The largest absolute Gasteiger partial charge is 0.469 e. The number of carbonyl (C=O) groups is 3. The molecule has 5 aliphatic carbocycles. The fourth-order valence-corrected chi connectivity index (χ4v) is 10.6. The Kier molecular flexibility index (Phi) is 6.27. The van der Waals surface area contributed by atoms with Gasteiger partial charge in [0, 0.05) is 23.2 Å². The maximum Gasteiger partial charge on any atom is 0.305 e. The van der Waals surface area contributed by atoms with E-state index in [4.69, 9.17) is 4.74 Å². The van der Waals surface area contributed by atoms with Crippen LogP contribution in [0.3, 0.4) is 0 Å². The number of methoxy groups -OCH3 is 1. The number of allylic oxidation sites excluding steroid dienone is 4. The van der Waals surface area contributed by atoms with Gasteiger partial charge in [-0.15, -0.1) is 0 Å². The third-order valence-corrected chi connectivity index (χ3v) is 13.1. The number of ether oxygens (including phenoxy) is 1. The summed E-state index contributed by atoms with van der Waals surface area (Å²) in [4.78, 5) is 40.0. The van der Waals surface area contributed by atoms with Crippen LogP contribution in [-0.2, 0) is 19.1 Å². The summed E-state index contributed by atoms with van der Waals surface area (Å²) in [6.07, 6.45) is 12.1. The molecule has 0 N–H and O–H groups in total. The van der Waals surface area contributed by atoms with Crippen molar-refractivity contribution in [3.8, 4) is 6.07 Å². The van der Waals surface area contributed by atoms with Gasteiger partial charge in [0.25, 0.3) is 0 Å². The number of carbonyl (C=O) groups excluding carboxylic acids is 3. The number of nitrogens with zero attached hydrogens (tertiary/aromatic N) is 1. The summed E-state index contributed by atoms with van der Waals surface area (Å²) in [6, 6.07) is 2.19. The van der Waals surface area contributed by atoms with Gasteiger partial charge in [-0.05, 0) is 90.9 Å². The lowest BCUT2D eigenvalue weighted by Crippen LogP contribution is -2.64. The van der Waals surface area contributed by atoms with E-state index in [0.29, 0.717) is 6.42 Å². The molecule has 0 bridgehead atoms. The van der Waals surface area contributed by atoms with E-state index >= 15 is 0 Å². The number of esters is 1. The molecule has 7 unspecified atom stereocenters. The standard InChI is InChI=1S/C34H47NO4/c1-29(2)13-15-34(12-10-26(37)39-8)16-14-33(7)27(22(34)19-29)23(36)17-25-31(5)18-21(20-35)28(38)30(3,4)24(31)9-11-32(25,33)6/h17-18,22,24,27H,9-16,19H2,1-8H3. The van der Waals surface area contributed by atoms with Crippen LogP contribution in [0.5, 0.6) is 0 Å². The first kappa shape index (κ1) is 28.3. The van der Waals surface area contributed by atoms with Crippen molar-refractivity contribution < 1.29 is 19.1 Å². The van der Waals surface area contributed by atoms with Crippen molar-refractivity contribution in [1.29, 1.82) is 5.26 Å². The van der Waals surface area contributed by atoms with E-state index in [9.17, 15) is 19.6 Å². The fourth-order valence-electron chi connectivity index (χ4n) is 10.6. The molecule has 0 heterocycles. The predicted molar refractivity (Wildman–Crippen MR) is 150 cm³/mol. The van der Waals surface area contributed by atoms with Crippen LogP contribution >= 0.6 is 0 Å². The Balaban J connectivity index is 1.65. The van der Waals surface area contributed by atoms with E-state index in [1.54, 1.807) is 0 Å². The van der Waals surface area contributed by atoms with Gasteiger partial charge in [-0.1, -0.05) is 60.1 Å². The number of hydrogen-bond donors (Lipinski definition) is 0. The number of ketones is 2. The summed E-state index contributed by atoms with van der Waals surface area (Å²) in [5.41, 5.74) is -0.0693. The molecule has 0 aliphatic heterocycles. The molecule has 0 amide bonds. The molecule has 5 heteroatoms. The van der Waals surface area contributed by atoms with E-state index in [2.05, 4.69) is 40.7 Å². The maximum absolute atomic E-state index is 14.5. The van der Waals surface area contributed by atoms with E-state index < -0.39 is 10.8 Å². The Morgan fingerprint density at radius 1 is 1.03 bits per heavy atom. The Morgan fingerprint density at radius 2 is 1.69 bits per heavy atom. The van der Waals surface area contributed by atoms with Crippen LogP contribution in [0.2, 0.25) is 0 Å². The van der Waals surface area contributed by atoms with Crippen molar-refractivity contribution in [2.45, 2.75) is 106 Å². The molecule has 5 rings (SSSR count). The average molecular weight is 534 g/mol. The second kappa shape index (κ2) is 8.64. The topological polar surface area (TPSA) is 84.2 Å². The summed E-state index contributed by atoms with van der Waals surface area (Å²) in [5.74, 6) is 0.185. The first-order chi connectivity index (χ1) is 18.0. The highest BCUT2D eigenvalue weighted by Crippen LogP contribution is 2.75. The molecule has 0 spiro atoms. The molecule has 7 atom stereocenters. The van der Waals surface area contributed by atoms with E-state index in [1.807, 2.05) is 26.0 Å². The zero-order valence-corrected chi connectivity index (χ0v) is 25.3. The zero-order valence-electron chi connectivity index (χ0n) is 25.3. The lowest BCUT2D eigenvalue weighted by molar-refractivity contribution is -0.173. The summed E-state index contributed by atoms with van der Waals surface area (Å²) in [7, 11) is 1.46. The van der Waals surface area contributed by atoms with Gasteiger partial charge in [-0.25, -0.2) is 0 Å². The maximum atomic E-state index is 14.5. The van der Waals surface area contributed by atoms with Gasteiger partial charge in [-0.2, -0.15) is 5.26 Å². The quantitative estimate of drug-likeness (QED) is 0.359. The summed E-state index contributed by atoms with van der Waals surface area (Å²) in [5, 5.41) is 9.90. The minimum absolute atomic E-state index is 0.0144.